The summed E-state index contributed by atoms with van der Waals surface area (Å²) in [5.74, 6) is 0.855. The van der Waals surface area contributed by atoms with Crippen molar-refractivity contribution in [1.82, 2.24) is 14.5 Å². The molecule has 5 heteroatoms. The van der Waals surface area contributed by atoms with Crippen molar-refractivity contribution in [3.63, 3.8) is 0 Å². The number of aryl methyl sites for hydroxylation is 2. The number of benzene rings is 1. The van der Waals surface area contributed by atoms with Gasteiger partial charge in [-0.15, -0.1) is 0 Å². The zero-order chi connectivity index (χ0) is 15.4. The molecule has 0 spiro atoms. The molecule has 112 valence electrons. The molecule has 3 aromatic rings. The van der Waals surface area contributed by atoms with Crippen molar-refractivity contribution in [1.29, 1.82) is 0 Å². The van der Waals surface area contributed by atoms with Crippen LogP contribution in [0.15, 0.2) is 53.7 Å². The summed E-state index contributed by atoms with van der Waals surface area (Å²) in [5.41, 5.74) is 1.66. The fourth-order valence-corrected chi connectivity index (χ4v) is 2.44. The van der Waals surface area contributed by atoms with Gasteiger partial charge in [0.05, 0.1) is 18.8 Å². The molecule has 0 atom stereocenters. The Morgan fingerprint density at radius 2 is 2.09 bits per heavy atom. The van der Waals surface area contributed by atoms with Gasteiger partial charge in [-0.2, -0.15) is 0 Å². The van der Waals surface area contributed by atoms with Gasteiger partial charge in [-0.1, -0.05) is 12.1 Å². The molecule has 0 amide bonds. The van der Waals surface area contributed by atoms with E-state index in [4.69, 9.17) is 4.74 Å². The quantitative estimate of drug-likeness (QED) is 0.725. The first-order chi connectivity index (χ1) is 10.8. The smallest absolute Gasteiger partial charge is 0.262 e. The molecular weight excluding hydrogens is 278 g/mol. The highest BCUT2D eigenvalue weighted by molar-refractivity contribution is 5.72. The SMILES string of the molecule is COc1cccc(CCCn2cnc3ncccc3c2=O)c1. The lowest BCUT2D eigenvalue weighted by Gasteiger charge is -2.07. The Labute approximate surface area is 128 Å². The molecule has 0 aliphatic rings. The van der Waals surface area contributed by atoms with E-state index < -0.39 is 0 Å². The van der Waals surface area contributed by atoms with Gasteiger partial charge < -0.3 is 4.74 Å². The molecule has 22 heavy (non-hydrogen) atoms. The molecule has 3 rings (SSSR count). The third-order valence-corrected chi connectivity index (χ3v) is 3.60. The van der Waals surface area contributed by atoms with Gasteiger partial charge in [0, 0.05) is 12.7 Å². The number of pyridine rings is 1. The van der Waals surface area contributed by atoms with Crippen LogP contribution in [0.1, 0.15) is 12.0 Å². The van der Waals surface area contributed by atoms with Crippen molar-refractivity contribution in [2.24, 2.45) is 0 Å². The minimum absolute atomic E-state index is 0.0382. The zero-order valence-corrected chi connectivity index (χ0v) is 12.4. The summed E-state index contributed by atoms with van der Waals surface area (Å²) >= 11 is 0. The van der Waals surface area contributed by atoms with Crippen LogP contribution >= 0.6 is 0 Å². The number of aromatic nitrogens is 3. The molecule has 0 aliphatic carbocycles. The summed E-state index contributed by atoms with van der Waals surface area (Å²) in [4.78, 5) is 20.7. The van der Waals surface area contributed by atoms with Gasteiger partial charge >= 0.3 is 0 Å². The highest BCUT2D eigenvalue weighted by atomic mass is 16.5. The Hall–Kier alpha value is -2.69. The number of rotatable bonds is 5. The van der Waals surface area contributed by atoms with Crippen LogP contribution in [-0.4, -0.2) is 21.6 Å². The van der Waals surface area contributed by atoms with Crippen LogP contribution < -0.4 is 10.3 Å². The fraction of sp³-hybridized carbons (Fsp3) is 0.235. The average molecular weight is 295 g/mol. The molecule has 0 saturated carbocycles. The highest BCUT2D eigenvalue weighted by Gasteiger charge is 2.04. The lowest BCUT2D eigenvalue weighted by molar-refractivity contribution is 0.414. The predicted molar refractivity (Wildman–Crippen MR) is 85.1 cm³/mol. The molecule has 2 heterocycles. The lowest BCUT2D eigenvalue weighted by atomic mass is 10.1. The predicted octanol–water partition coefficient (Wildman–Crippen LogP) is 2.43. The first kappa shape index (κ1) is 14.3. The number of hydrogen-bond acceptors (Lipinski definition) is 4. The van der Waals surface area contributed by atoms with Crippen molar-refractivity contribution < 1.29 is 4.74 Å². The molecule has 0 bridgehead atoms. The number of hydrogen-bond donors (Lipinski definition) is 0. The summed E-state index contributed by atoms with van der Waals surface area (Å²) in [6, 6.07) is 11.5. The van der Waals surface area contributed by atoms with Gasteiger partial charge in [-0.3, -0.25) is 9.36 Å². The van der Waals surface area contributed by atoms with Gasteiger partial charge in [0.2, 0.25) is 0 Å². The van der Waals surface area contributed by atoms with Crippen LogP contribution in [0.25, 0.3) is 11.0 Å². The summed E-state index contributed by atoms with van der Waals surface area (Å²) in [5, 5.41) is 0.561. The number of ether oxygens (including phenoxy) is 1. The maximum atomic E-state index is 12.3. The van der Waals surface area contributed by atoms with E-state index in [2.05, 4.69) is 16.0 Å². The maximum absolute atomic E-state index is 12.3. The third-order valence-electron chi connectivity index (χ3n) is 3.60. The third kappa shape index (κ3) is 2.98. The Morgan fingerprint density at radius 1 is 1.18 bits per heavy atom. The molecule has 0 fully saturated rings. The van der Waals surface area contributed by atoms with Crippen molar-refractivity contribution in [3.05, 3.63) is 64.8 Å². The fourth-order valence-electron chi connectivity index (χ4n) is 2.44. The van der Waals surface area contributed by atoms with Crippen molar-refractivity contribution >= 4 is 11.0 Å². The van der Waals surface area contributed by atoms with Crippen molar-refractivity contribution in [3.8, 4) is 5.75 Å². The number of fused-ring (bicyclic) bond motifs is 1. The normalized spacial score (nSPS) is 10.8. The van der Waals surface area contributed by atoms with Crippen LogP contribution in [0.5, 0.6) is 5.75 Å². The van der Waals surface area contributed by atoms with Gasteiger partial charge in [0.1, 0.15) is 5.75 Å². The average Bonchev–Trinajstić information content (AvgIpc) is 2.57. The van der Waals surface area contributed by atoms with Gasteiger partial charge in [-0.25, -0.2) is 9.97 Å². The van der Waals surface area contributed by atoms with Crippen LogP contribution in [0.2, 0.25) is 0 Å². The number of methoxy groups -OCH3 is 1. The minimum Gasteiger partial charge on any atom is -0.497 e. The summed E-state index contributed by atoms with van der Waals surface area (Å²) in [7, 11) is 1.66. The van der Waals surface area contributed by atoms with Crippen molar-refractivity contribution in [2.45, 2.75) is 19.4 Å². The van der Waals surface area contributed by atoms with Gasteiger partial charge in [0.25, 0.3) is 5.56 Å². The minimum atomic E-state index is -0.0382. The molecule has 2 aromatic heterocycles. The largest absolute Gasteiger partial charge is 0.497 e. The van der Waals surface area contributed by atoms with E-state index >= 15 is 0 Å². The van der Waals surface area contributed by atoms with E-state index in [0.717, 1.165) is 18.6 Å². The molecule has 0 N–H and O–H groups in total. The van der Waals surface area contributed by atoms with Crippen LogP contribution in [0, 0.1) is 0 Å². The first-order valence-electron chi connectivity index (χ1n) is 7.21. The van der Waals surface area contributed by atoms with E-state index in [-0.39, 0.29) is 5.56 Å². The first-order valence-corrected chi connectivity index (χ1v) is 7.21. The summed E-state index contributed by atoms with van der Waals surface area (Å²) in [6.07, 6.45) is 4.96. The van der Waals surface area contributed by atoms with Gasteiger partial charge in [0.15, 0.2) is 5.65 Å². The van der Waals surface area contributed by atoms with Crippen molar-refractivity contribution in [2.75, 3.05) is 7.11 Å². The molecule has 1 aromatic carbocycles. The van der Waals surface area contributed by atoms with E-state index in [1.54, 1.807) is 36.3 Å². The Bertz CT molecular complexity index is 842. The summed E-state index contributed by atoms with van der Waals surface area (Å²) < 4.78 is 6.86. The van der Waals surface area contributed by atoms with Crippen LogP contribution in [0.4, 0.5) is 0 Å². The Morgan fingerprint density at radius 3 is 2.95 bits per heavy atom. The second kappa shape index (κ2) is 6.39. The second-order valence-corrected chi connectivity index (χ2v) is 5.07. The topological polar surface area (TPSA) is 57.0 Å². The van der Waals surface area contributed by atoms with E-state index in [1.807, 2.05) is 18.2 Å². The highest BCUT2D eigenvalue weighted by Crippen LogP contribution is 2.14. The number of nitrogens with zero attached hydrogens (tertiary/aromatic N) is 3. The lowest BCUT2D eigenvalue weighted by Crippen LogP contribution is -2.21. The second-order valence-electron chi connectivity index (χ2n) is 5.07. The summed E-state index contributed by atoms with van der Waals surface area (Å²) in [6.45, 7) is 0.633. The standard InChI is InChI=1S/C17H17N3O2/c1-22-14-7-2-5-13(11-14)6-4-10-20-12-19-16-15(17(20)21)8-3-9-18-16/h2-3,5,7-9,11-12H,4,6,10H2,1H3. The van der Waals surface area contributed by atoms with Crippen LogP contribution in [0.3, 0.4) is 0 Å². The van der Waals surface area contributed by atoms with Gasteiger partial charge in [-0.05, 0) is 42.7 Å². The molecule has 5 nitrogen and oxygen atoms in total. The van der Waals surface area contributed by atoms with E-state index in [0.29, 0.717) is 17.6 Å². The molecule has 0 aliphatic heterocycles. The zero-order valence-electron chi connectivity index (χ0n) is 12.4. The molecule has 0 unspecified atom stereocenters. The molecule has 0 radical (unpaired) electrons. The Kier molecular flexibility index (Phi) is 4.14. The Balaban J connectivity index is 1.71. The molecule has 0 saturated heterocycles. The van der Waals surface area contributed by atoms with Crippen LogP contribution in [-0.2, 0) is 13.0 Å². The maximum Gasteiger partial charge on any atom is 0.262 e. The van der Waals surface area contributed by atoms with E-state index in [9.17, 15) is 4.79 Å². The molecular formula is C17H17N3O2. The monoisotopic (exact) mass is 295 g/mol. The van der Waals surface area contributed by atoms with E-state index in [1.165, 1.54) is 5.56 Å².